The highest BCUT2D eigenvalue weighted by Crippen LogP contribution is 2.29. The van der Waals surface area contributed by atoms with Gasteiger partial charge in [-0.15, -0.1) is 0 Å². The normalized spacial score (nSPS) is 16.2. The Morgan fingerprint density at radius 2 is 2.31 bits per heavy atom. The molecule has 0 aromatic carbocycles. The molecule has 1 aliphatic heterocycles. The minimum absolute atomic E-state index is 0.329. The number of hydrogen-bond donors (Lipinski definition) is 0. The van der Waals surface area contributed by atoms with E-state index >= 15 is 0 Å². The van der Waals surface area contributed by atoms with Crippen molar-refractivity contribution in [3.63, 3.8) is 0 Å². The third-order valence-electron chi connectivity index (χ3n) is 2.30. The molecular formula is C12H7NO2S. The summed E-state index contributed by atoms with van der Waals surface area (Å²) in [5.74, 6) is 0.198. The van der Waals surface area contributed by atoms with Gasteiger partial charge in [0.1, 0.15) is 5.69 Å². The molecule has 0 fully saturated rings. The van der Waals surface area contributed by atoms with Gasteiger partial charge in [0.25, 0.3) is 0 Å². The second-order valence-corrected chi connectivity index (χ2v) is 4.13. The number of hydrogen-bond acceptors (Lipinski definition) is 4. The van der Waals surface area contributed by atoms with Crippen LogP contribution in [0.1, 0.15) is 21.6 Å². The molecular weight excluding hydrogens is 222 g/mol. The van der Waals surface area contributed by atoms with E-state index in [9.17, 15) is 4.79 Å². The van der Waals surface area contributed by atoms with Crippen LogP contribution in [0, 0.1) is 0 Å². The van der Waals surface area contributed by atoms with Crippen LogP contribution in [-0.2, 0) is 4.74 Å². The minimum atomic E-state index is -0.329. The molecule has 0 atom stereocenters. The van der Waals surface area contributed by atoms with Crippen LogP contribution < -0.4 is 0 Å². The summed E-state index contributed by atoms with van der Waals surface area (Å²) >= 11 is 1.60. The van der Waals surface area contributed by atoms with Crippen LogP contribution in [0.4, 0.5) is 0 Å². The number of aromatic nitrogens is 1. The average Bonchev–Trinajstić information content (AvgIpc) is 2.90. The van der Waals surface area contributed by atoms with Crippen LogP contribution in [0.5, 0.6) is 0 Å². The van der Waals surface area contributed by atoms with Gasteiger partial charge in [0.15, 0.2) is 5.76 Å². The third-order valence-corrected chi connectivity index (χ3v) is 3.01. The summed E-state index contributed by atoms with van der Waals surface area (Å²) in [6.07, 6.45) is 3.48. The maximum absolute atomic E-state index is 11.5. The van der Waals surface area contributed by atoms with E-state index in [-0.39, 0.29) is 5.97 Å². The Labute approximate surface area is 96.0 Å². The number of nitrogens with zero attached hydrogens (tertiary/aromatic N) is 1. The topological polar surface area (TPSA) is 39.2 Å². The Morgan fingerprint density at radius 3 is 3.12 bits per heavy atom. The first kappa shape index (κ1) is 9.30. The Hall–Kier alpha value is -1.94. The highest BCUT2D eigenvalue weighted by molar-refractivity contribution is 7.08. The predicted octanol–water partition coefficient (Wildman–Crippen LogP) is 2.81. The van der Waals surface area contributed by atoms with E-state index in [0.717, 1.165) is 5.56 Å². The van der Waals surface area contributed by atoms with Crippen LogP contribution in [0.25, 0.3) is 11.8 Å². The van der Waals surface area contributed by atoms with Crippen molar-refractivity contribution in [2.75, 3.05) is 0 Å². The van der Waals surface area contributed by atoms with E-state index in [2.05, 4.69) is 4.98 Å². The summed E-state index contributed by atoms with van der Waals surface area (Å²) < 4.78 is 5.17. The van der Waals surface area contributed by atoms with Gasteiger partial charge in [-0.2, -0.15) is 11.3 Å². The van der Waals surface area contributed by atoms with E-state index in [0.29, 0.717) is 17.0 Å². The maximum atomic E-state index is 11.5. The molecule has 2 aromatic heterocycles. The molecule has 1 aliphatic rings. The summed E-state index contributed by atoms with van der Waals surface area (Å²) in [5, 5.41) is 3.96. The van der Waals surface area contributed by atoms with Gasteiger partial charge in [0, 0.05) is 6.20 Å². The monoisotopic (exact) mass is 229 g/mol. The number of fused-ring (bicyclic) bond motifs is 1. The lowest BCUT2D eigenvalue weighted by Gasteiger charge is -1.95. The van der Waals surface area contributed by atoms with E-state index in [1.54, 1.807) is 29.7 Å². The lowest BCUT2D eigenvalue weighted by atomic mass is 10.2. The van der Waals surface area contributed by atoms with Gasteiger partial charge < -0.3 is 4.74 Å². The van der Waals surface area contributed by atoms with Crippen molar-refractivity contribution in [2.45, 2.75) is 0 Å². The minimum Gasteiger partial charge on any atom is -0.421 e. The molecule has 0 spiro atoms. The van der Waals surface area contributed by atoms with Crippen molar-refractivity contribution < 1.29 is 9.53 Å². The average molecular weight is 229 g/mol. The van der Waals surface area contributed by atoms with Crippen molar-refractivity contribution in [1.29, 1.82) is 0 Å². The predicted molar refractivity (Wildman–Crippen MR) is 61.8 cm³/mol. The molecule has 2 aromatic rings. The lowest BCUT2D eigenvalue weighted by molar-refractivity contribution is 0.0717. The molecule has 4 heteroatoms. The van der Waals surface area contributed by atoms with Crippen LogP contribution in [0.2, 0.25) is 0 Å². The summed E-state index contributed by atoms with van der Waals surface area (Å²) in [6.45, 7) is 0. The molecule has 0 unspecified atom stereocenters. The molecule has 0 saturated heterocycles. The van der Waals surface area contributed by atoms with Gasteiger partial charge in [0.2, 0.25) is 0 Å². The zero-order valence-electron chi connectivity index (χ0n) is 8.21. The molecule has 0 radical (unpaired) electrons. The van der Waals surface area contributed by atoms with Gasteiger partial charge >= 0.3 is 5.97 Å². The van der Waals surface area contributed by atoms with Gasteiger partial charge in [-0.3, -0.25) is 4.98 Å². The molecule has 0 N–H and O–H groups in total. The van der Waals surface area contributed by atoms with Crippen LogP contribution in [0.15, 0.2) is 35.2 Å². The fraction of sp³-hybridized carbons (Fsp3) is 0. The second-order valence-electron chi connectivity index (χ2n) is 3.35. The zero-order valence-corrected chi connectivity index (χ0v) is 9.03. The van der Waals surface area contributed by atoms with E-state index in [1.165, 1.54) is 0 Å². The summed E-state index contributed by atoms with van der Waals surface area (Å²) in [5.41, 5.74) is 2.17. The molecule has 3 heterocycles. The van der Waals surface area contributed by atoms with Crippen LogP contribution in [0.3, 0.4) is 0 Å². The van der Waals surface area contributed by atoms with Gasteiger partial charge in [0.05, 0.1) is 5.56 Å². The van der Waals surface area contributed by atoms with Gasteiger partial charge in [-0.1, -0.05) is 0 Å². The number of pyridine rings is 1. The van der Waals surface area contributed by atoms with Crippen molar-refractivity contribution in [1.82, 2.24) is 4.98 Å². The number of ether oxygens (including phenoxy) is 1. The molecule has 3 nitrogen and oxygen atoms in total. The Balaban J connectivity index is 2.10. The molecule has 16 heavy (non-hydrogen) atoms. The molecule has 78 valence electrons. The number of carbonyl (C=O) groups is 1. The summed E-state index contributed by atoms with van der Waals surface area (Å²) in [4.78, 5) is 15.7. The van der Waals surface area contributed by atoms with E-state index < -0.39 is 0 Å². The smallest absolute Gasteiger partial charge is 0.345 e. The van der Waals surface area contributed by atoms with Gasteiger partial charge in [-0.25, -0.2) is 4.79 Å². The number of esters is 1. The second kappa shape index (κ2) is 3.57. The third kappa shape index (κ3) is 1.44. The largest absolute Gasteiger partial charge is 0.421 e. The quantitative estimate of drug-likeness (QED) is 0.706. The Morgan fingerprint density at radius 1 is 1.38 bits per heavy atom. The first-order valence-corrected chi connectivity index (χ1v) is 5.70. The zero-order chi connectivity index (χ0) is 11.0. The standard InChI is InChI=1S/C12H7NO2S/c14-12-9-2-1-4-13-11(9)10(15-12)6-8-3-5-16-7-8/h1-7H/b10-6-. The SMILES string of the molecule is O=C1O/C(=C\c2ccsc2)c2ncccc21. The number of rotatable bonds is 1. The number of thiophene rings is 1. The molecule has 0 saturated carbocycles. The number of cyclic esters (lactones) is 1. The Kier molecular flexibility index (Phi) is 2.08. The van der Waals surface area contributed by atoms with E-state index in [1.807, 2.05) is 22.9 Å². The number of carbonyl (C=O) groups excluding carboxylic acids is 1. The highest BCUT2D eigenvalue weighted by Gasteiger charge is 2.27. The van der Waals surface area contributed by atoms with Crippen molar-refractivity contribution in [2.24, 2.45) is 0 Å². The maximum Gasteiger partial charge on any atom is 0.345 e. The molecule has 0 amide bonds. The van der Waals surface area contributed by atoms with Crippen molar-refractivity contribution >= 4 is 29.1 Å². The fourth-order valence-electron chi connectivity index (χ4n) is 1.58. The van der Waals surface area contributed by atoms with Crippen LogP contribution >= 0.6 is 11.3 Å². The first-order valence-electron chi connectivity index (χ1n) is 4.76. The van der Waals surface area contributed by atoms with E-state index in [4.69, 9.17) is 4.74 Å². The fourth-order valence-corrected chi connectivity index (χ4v) is 2.19. The first-order chi connectivity index (χ1) is 7.84. The molecule has 0 bridgehead atoms. The Bertz CT molecular complexity index is 572. The molecule has 3 rings (SSSR count). The summed E-state index contributed by atoms with van der Waals surface area (Å²) in [7, 11) is 0. The van der Waals surface area contributed by atoms with Crippen molar-refractivity contribution in [3.05, 3.63) is 52.0 Å². The molecule has 0 aliphatic carbocycles. The van der Waals surface area contributed by atoms with Crippen molar-refractivity contribution in [3.8, 4) is 0 Å². The lowest BCUT2D eigenvalue weighted by Crippen LogP contribution is -1.92. The van der Waals surface area contributed by atoms with Crippen LogP contribution in [-0.4, -0.2) is 11.0 Å². The van der Waals surface area contributed by atoms with Gasteiger partial charge in [-0.05, 0) is 40.6 Å². The highest BCUT2D eigenvalue weighted by atomic mass is 32.1. The summed E-state index contributed by atoms with van der Waals surface area (Å²) in [6, 6.07) is 5.42.